The zero-order valence-corrected chi connectivity index (χ0v) is 8.86. The smallest absolute Gasteiger partial charge is 0.284 e. The van der Waals surface area contributed by atoms with Gasteiger partial charge in [0.15, 0.2) is 0 Å². The second-order valence-electron chi connectivity index (χ2n) is 2.35. The van der Waals surface area contributed by atoms with Gasteiger partial charge in [-0.15, -0.1) is 0 Å². The predicted molar refractivity (Wildman–Crippen MR) is 41.7 cm³/mol. The van der Waals surface area contributed by atoms with E-state index in [-0.39, 0.29) is 0 Å². The Balaban J connectivity index is 5.05. The van der Waals surface area contributed by atoms with Crippen molar-refractivity contribution in [2.45, 2.75) is 24.3 Å². The molecule has 0 saturated carbocycles. The van der Waals surface area contributed by atoms with E-state index in [1.807, 2.05) is 0 Å². The first kappa shape index (κ1) is 14.6. The van der Waals surface area contributed by atoms with Crippen molar-refractivity contribution in [1.82, 2.24) is 0 Å². The van der Waals surface area contributed by atoms with E-state index in [9.17, 15) is 30.0 Å². The van der Waals surface area contributed by atoms with Crippen LogP contribution >= 0.6 is 0 Å². The van der Waals surface area contributed by atoms with Crippen LogP contribution in [0.5, 0.6) is 0 Å². The van der Waals surface area contributed by atoms with E-state index in [2.05, 4.69) is 4.18 Å². The Labute approximate surface area is 83.9 Å². The lowest BCUT2D eigenvalue weighted by Crippen LogP contribution is -2.33. The van der Waals surface area contributed by atoms with Crippen LogP contribution in [0.15, 0.2) is 0 Å². The first-order valence-corrected chi connectivity index (χ1v) is 6.29. The molecule has 0 aromatic heterocycles. The summed E-state index contributed by atoms with van der Waals surface area (Å²) in [6.07, 6.45) is -0.645. The summed E-state index contributed by atoms with van der Waals surface area (Å²) in [7, 11) is -11.0. The first-order chi connectivity index (χ1) is 6.42. The first-order valence-electron chi connectivity index (χ1n) is 3.37. The highest BCUT2D eigenvalue weighted by Gasteiger charge is 2.49. The predicted octanol–water partition coefficient (Wildman–Crippen LogP) is 0.477. The van der Waals surface area contributed by atoms with Crippen molar-refractivity contribution in [2.24, 2.45) is 0 Å². The van der Waals surface area contributed by atoms with Gasteiger partial charge >= 0.3 is 15.6 Å². The lowest BCUT2D eigenvalue weighted by atomic mass is 10.5. The summed E-state index contributed by atoms with van der Waals surface area (Å²) in [5.74, 6) is 0. The van der Waals surface area contributed by atoms with Crippen molar-refractivity contribution in [2.75, 3.05) is 0 Å². The molecule has 92 valence electrons. The van der Waals surface area contributed by atoms with Crippen molar-refractivity contribution in [3.8, 4) is 0 Å². The molecule has 0 aromatic carbocycles. The Kier molecular flexibility index (Phi) is 4.12. The van der Waals surface area contributed by atoms with Crippen LogP contribution in [0.2, 0.25) is 0 Å². The van der Waals surface area contributed by atoms with Crippen molar-refractivity contribution in [1.29, 1.82) is 0 Å². The highest BCUT2D eigenvalue weighted by atomic mass is 32.2. The molecule has 0 aliphatic heterocycles. The van der Waals surface area contributed by atoms with Crippen molar-refractivity contribution >= 4 is 20.2 Å². The Hall–Kier alpha value is -0.390. The fraction of sp³-hybridized carbons (Fsp3) is 1.00. The van der Waals surface area contributed by atoms with E-state index in [4.69, 9.17) is 4.55 Å². The van der Waals surface area contributed by atoms with Crippen LogP contribution in [-0.2, 0) is 24.4 Å². The molecule has 6 nitrogen and oxygen atoms in total. The van der Waals surface area contributed by atoms with Gasteiger partial charge in [-0.2, -0.15) is 30.0 Å². The van der Waals surface area contributed by atoms with Crippen LogP contribution in [0.3, 0.4) is 0 Å². The zero-order valence-electron chi connectivity index (χ0n) is 7.22. The highest BCUT2D eigenvalue weighted by Crippen LogP contribution is 2.27. The van der Waals surface area contributed by atoms with E-state index >= 15 is 0 Å². The van der Waals surface area contributed by atoms with Crippen LogP contribution in [0.1, 0.15) is 13.3 Å². The fourth-order valence-corrected chi connectivity index (χ4v) is 2.18. The van der Waals surface area contributed by atoms with E-state index < -0.39 is 37.6 Å². The van der Waals surface area contributed by atoms with Gasteiger partial charge < -0.3 is 0 Å². The summed E-state index contributed by atoms with van der Waals surface area (Å²) in [6.45, 7) is 1.03. The lowest BCUT2D eigenvalue weighted by Gasteiger charge is -2.13. The topological polar surface area (TPSA) is 97.7 Å². The number of hydrogen-bond donors (Lipinski definition) is 1. The Morgan fingerprint density at radius 1 is 1.27 bits per heavy atom. The second kappa shape index (κ2) is 4.23. The van der Waals surface area contributed by atoms with Gasteiger partial charge in [0, 0.05) is 0 Å². The minimum Gasteiger partial charge on any atom is -0.284 e. The minimum atomic E-state index is -6.03. The molecule has 0 saturated heterocycles. The van der Waals surface area contributed by atoms with Gasteiger partial charge in [0.2, 0.25) is 5.44 Å². The van der Waals surface area contributed by atoms with Gasteiger partial charge in [-0.1, -0.05) is 6.92 Å². The van der Waals surface area contributed by atoms with Crippen LogP contribution in [-0.4, -0.2) is 32.3 Å². The van der Waals surface area contributed by atoms with Gasteiger partial charge in [0.05, 0.1) is 0 Å². The molecule has 0 aliphatic carbocycles. The van der Waals surface area contributed by atoms with Crippen LogP contribution < -0.4 is 0 Å². The summed E-state index contributed by atoms with van der Waals surface area (Å²) in [5.41, 5.74) is -8.19. The molecular formula is C4H7F3O6S2. The molecular weight excluding hydrogens is 265 g/mol. The SMILES string of the molecule is CCC(OS(=O)(=O)C(F)(F)F)S(=O)(=O)O. The van der Waals surface area contributed by atoms with Crippen molar-refractivity contribution in [3.05, 3.63) is 0 Å². The fourth-order valence-electron chi connectivity index (χ4n) is 0.524. The Bertz CT molecular complexity index is 406. The summed E-state index contributed by atoms with van der Waals surface area (Å²) in [5, 5.41) is 0. The number of alkyl halides is 3. The molecule has 0 heterocycles. The monoisotopic (exact) mass is 272 g/mol. The average molecular weight is 272 g/mol. The van der Waals surface area contributed by atoms with E-state index in [1.54, 1.807) is 0 Å². The normalized spacial score (nSPS) is 16.3. The molecule has 0 radical (unpaired) electrons. The molecule has 1 atom stereocenters. The average Bonchev–Trinajstić information content (AvgIpc) is 1.95. The van der Waals surface area contributed by atoms with Gasteiger partial charge in [0.25, 0.3) is 10.1 Å². The molecule has 1 N–H and O–H groups in total. The third kappa shape index (κ3) is 3.93. The number of hydrogen-bond acceptors (Lipinski definition) is 5. The zero-order chi connectivity index (χ0) is 12.5. The van der Waals surface area contributed by atoms with Gasteiger partial charge in [-0.25, -0.2) is 4.18 Å². The van der Waals surface area contributed by atoms with Gasteiger partial charge in [-0.05, 0) is 6.42 Å². The minimum absolute atomic E-state index is 0.645. The molecule has 11 heteroatoms. The van der Waals surface area contributed by atoms with Crippen LogP contribution in [0.4, 0.5) is 13.2 Å². The third-order valence-electron chi connectivity index (χ3n) is 1.18. The Morgan fingerprint density at radius 3 is 1.87 bits per heavy atom. The second-order valence-corrected chi connectivity index (χ2v) is 5.47. The third-order valence-corrected chi connectivity index (χ3v) is 3.45. The Morgan fingerprint density at radius 2 is 1.67 bits per heavy atom. The van der Waals surface area contributed by atoms with Gasteiger partial charge in [-0.3, -0.25) is 4.55 Å². The van der Waals surface area contributed by atoms with Gasteiger partial charge in [0.1, 0.15) is 0 Å². The quantitative estimate of drug-likeness (QED) is 0.454. The van der Waals surface area contributed by atoms with E-state index in [0.717, 1.165) is 6.92 Å². The van der Waals surface area contributed by atoms with Crippen LogP contribution in [0, 0.1) is 0 Å². The van der Waals surface area contributed by atoms with Crippen molar-refractivity contribution < 1.29 is 38.7 Å². The molecule has 15 heavy (non-hydrogen) atoms. The van der Waals surface area contributed by atoms with Crippen molar-refractivity contribution in [3.63, 3.8) is 0 Å². The maximum atomic E-state index is 11.7. The molecule has 0 amide bonds. The molecule has 0 fully saturated rings. The van der Waals surface area contributed by atoms with Crippen LogP contribution in [0.25, 0.3) is 0 Å². The molecule has 0 aliphatic rings. The van der Waals surface area contributed by atoms with E-state index in [0.29, 0.717) is 0 Å². The largest absolute Gasteiger partial charge is 0.523 e. The molecule has 0 rings (SSSR count). The molecule has 0 bridgehead atoms. The highest BCUT2D eigenvalue weighted by molar-refractivity contribution is 7.90. The summed E-state index contributed by atoms with van der Waals surface area (Å²) in [6, 6.07) is 0. The molecule has 0 aromatic rings. The maximum absolute atomic E-state index is 11.7. The summed E-state index contributed by atoms with van der Waals surface area (Å²) < 4.78 is 88.3. The van der Waals surface area contributed by atoms with E-state index in [1.165, 1.54) is 0 Å². The summed E-state index contributed by atoms with van der Waals surface area (Å²) in [4.78, 5) is 0. The molecule has 0 spiro atoms. The number of rotatable bonds is 4. The summed E-state index contributed by atoms with van der Waals surface area (Å²) >= 11 is 0. The number of halogens is 3. The molecule has 1 unspecified atom stereocenters. The lowest BCUT2D eigenvalue weighted by molar-refractivity contribution is -0.0553. The maximum Gasteiger partial charge on any atom is 0.523 e. The standard InChI is InChI=1S/C4H7F3O6S2/c1-2-3(14(8,9)10)13-15(11,12)4(5,6)7/h3H,2H2,1H3,(H,8,9,10).